The van der Waals surface area contributed by atoms with Crippen LogP contribution in [0.3, 0.4) is 0 Å². The van der Waals surface area contributed by atoms with E-state index < -0.39 is 12.0 Å². The third-order valence-electron chi connectivity index (χ3n) is 8.55. The van der Waals surface area contributed by atoms with Crippen LogP contribution in [0.2, 0.25) is 0 Å². The summed E-state index contributed by atoms with van der Waals surface area (Å²) in [6, 6.07) is 36.1. The Morgan fingerprint density at radius 3 is 2.36 bits per heavy atom. The molecule has 0 saturated carbocycles. The number of thiazole rings is 1. The summed E-state index contributed by atoms with van der Waals surface area (Å²) >= 11 is 1.27. The number of hydrogen-bond acceptors (Lipinski definition) is 8. The number of aromatic nitrogens is 1. The van der Waals surface area contributed by atoms with Gasteiger partial charge in [-0.15, -0.1) is 0 Å². The van der Waals surface area contributed by atoms with Crippen molar-refractivity contribution in [1.29, 1.82) is 0 Å². The number of methoxy groups -OCH3 is 2. The topological polar surface area (TPSA) is 88.4 Å². The number of rotatable bonds is 10. The summed E-state index contributed by atoms with van der Waals surface area (Å²) in [6.07, 6.45) is 1.83. The summed E-state index contributed by atoms with van der Waals surface area (Å²) in [5.41, 5.74) is 3.74. The van der Waals surface area contributed by atoms with Crippen LogP contribution in [0, 0.1) is 0 Å². The van der Waals surface area contributed by atoms with Crippen molar-refractivity contribution < 1.29 is 23.7 Å². The molecule has 2 heterocycles. The van der Waals surface area contributed by atoms with E-state index in [1.54, 1.807) is 37.8 Å². The predicted octanol–water partition coefficient (Wildman–Crippen LogP) is 6.69. The summed E-state index contributed by atoms with van der Waals surface area (Å²) in [7, 11) is 3.10. The van der Waals surface area contributed by atoms with Gasteiger partial charge in [0.2, 0.25) is 0 Å². The van der Waals surface area contributed by atoms with E-state index in [0.29, 0.717) is 38.7 Å². The summed E-state index contributed by atoms with van der Waals surface area (Å²) < 4.78 is 24.9. The second-order valence-electron chi connectivity index (χ2n) is 11.5. The molecule has 0 N–H and O–H groups in total. The Bertz CT molecular complexity index is 2410. The maximum absolute atomic E-state index is 14.3. The van der Waals surface area contributed by atoms with Crippen LogP contribution in [0.15, 0.2) is 131 Å². The molecule has 8 nitrogen and oxygen atoms in total. The van der Waals surface area contributed by atoms with Crippen LogP contribution in [-0.4, -0.2) is 31.4 Å². The highest BCUT2D eigenvalue weighted by atomic mass is 32.1. The van der Waals surface area contributed by atoms with Crippen molar-refractivity contribution in [2.45, 2.75) is 19.6 Å². The standard InChI is InChI=1S/C41H34N2O6S/c1-4-48-40(45)36-37(28-12-6-5-7-13-28)42-41-43(38(36)29-19-22-33(46-2)34(24-29)47-3)39(44)35(50-41)23-26-17-20-31(21-18-26)49-25-30-15-10-14-27-11-8-9-16-32(27)30/h5-24,38H,4,25H2,1-3H3/b35-23-/t38-/m0/s1. The summed E-state index contributed by atoms with van der Waals surface area (Å²) in [5.74, 6) is 1.16. The van der Waals surface area contributed by atoms with Crippen molar-refractivity contribution in [3.63, 3.8) is 0 Å². The molecule has 7 rings (SSSR count). The second-order valence-corrected chi connectivity index (χ2v) is 12.6. The number of carbonyl (C=O) groups is 1. The van der Waals surface area contributed by atoms with E-state index in [1.807, 2.05) is 84.9 Å². The third kappa shape index (κ3) is 6.31. The van der Waals surface area contributed by atoms with Gasteiger partial charge in [-0.1, -0.05) is 102 Å². The van der Waals surface area contributed by atoms with E-state index in [9.17, 15) is 9.59 Å². The zero-order chi connectivity index (χ0) is 34.6. The minimum Gasteiger partial charge on any atom is -0.493 e. The van der Waals surface area contributed by atoms with Crippen molar-refractivity contribution in [3.8, 4) is 17.2 Å². The molecule has 6 aromatic rings. The van der Waals surface area contributed by atoms with Crippen LogP contribution >= 0.6 is 11.3 Å². The maximum atomic E-state index is 14.3. The Morgan fingerprint density at radius 1 is 0.860 bits per heavy atom. The molecule has 9 heteroatoms. The molecule has 0 saturated heterocycles. The van der Waals surface area contributed by atoms with Crippen molar-refractivity contribution in [3.05, 3.63) is 163 Å². The molecule has 0 aliphatic carbocycles. The molecule has 1 aromatic heterocycles. The molecule has 0 bridgehead atoms. The van der Waals surface area contributed by atoms with E-state index >= 15 is 0 Å². The molecule has 0 spiro atoms. The minimum atomic E-state index is -0.840. The highest BCUT2D eigenvalue weighted by Gasteiger charge is 2.35. The van der Waals surface area contributed by atoms with Crippen LogP contribution in [0.25, 0.3) is 22.5 Å². The second kappa shape index (κ2) is 14.3. The number of hydrogen-bond donors (Lipinski definition) is 0. The average Bonchev–Trinajstić information content (AvgIpc) is 3.47. The Labute approximate surface area is 292 Å². The minimum absolute atomic E-state index is 0.162. The molecule has 0 unspecified atom stereocenters. The van der Waals surface area contributed by atoms with Gasteiger partial charge in [0.05, 0.1) is 42.7 Å². The summed E-state index contributed by atoms with van der Waals surface area (Å²) in [6.45, 7) is 2.35. The SMILES string of the molecule is CCOC(=O)C1=C(c2ccccc2)N=c2s/c(=C\c3ccc(OCc4cccc5ccccc45)cc3)c(=O)n2[C@H]1c1ccc(OC)c(OC)c1. The fourth-order valence-electron chi connectivity index (χ4n) is 6.17. The summed E-state index contributed by atoms with van der Waals surface area (Å²) in [4.78, 5) is 33.5. The first-order chi connectivity index (χ1) is 24.5. The number of esters is 1. The van der Waals surface area contributed by atoms with Crippen LogP contribution < -0.4 is 29.1 Å². The Hall–Kier alpha value is -5.93. The number of nitrogens with zero attached hydrogens (tertiary/aromatic N) is 2. The van der Waals surface area contributed by atoms with Gasteiger partial charge in [0.25, 0.3) is 5.56 Å². The smallest absolute Gasteiger partial charge is 0.338 e. The van der Waals surface area contributed by atoms with Gasteiger partial charge in [0.1, 0.15) is 12.4 Å². The quantitative estimate of drug-likeness (QED) is 0.150. The Morgan fingerprint density at radius 2 is 1.60 bits per heavy atom. The lowest BCUT2D eigenvalue weighted by Crippen LogP contribution is -2.40. The molecule has 0 fully saturated rings. The van der Waals surface area contributed by atoms with Crippen molar-refractivity contribution in [2.24, 2.45) is 4.99 Å². The van der Waals surface area contributed by atoms with Crippen molar-refractivity contribution in [1.82, 2.24) is 4.57 Å². The predicted molar refractivity (Wildman–Crippen MR) is 195 cm³/mol. The molecule has 1 aliphatic heterocycles. The first-order valence-corrected chi connectivity index (χ1v) is 17.0. The van der Waals surface area contributed by atoms with Gasteiger partial charge in [-0.25, -0.2) is 9.79 Å². The fourth-order valence-corrected chi connectivity index (χ4v) is 7.17. The number of benzene rings is 5. The van der Waals surface area contributed by atoms with Gasteiger partial charge in [0.15, 0.2) is 16.3 Å². The normalized spacial score (nSPS) is 14.2. The maximum Gasteiger partial charge on any atom is 0.338 e. The van der Waals surface area contributed by atoms with Crippen molar-refractivity contribution in [2.75, 3.05) is 20.8 Å². The largest absolute Gasteiger partial charge is 0.493 e. The first kappa shape index (κ1) is 32.6. The molecule has 1 aliphatic rings. The molecular formula is C41H34N2O6S. The number of ether oxygens (including phenoxy) is 4. The molecule has 0 radical (unpaired) electrons. The molecule has 250 valence electrons. The number of fused-ring (bicyclic) bond motifs is 2. The monoisotopic (exact) mass is 682 g/mol. The number of carbonyl (C=O) groups excluding carboxylic acids is 1. The van der Waals surface area contributed by atoms with Crippen molar-refractivity contribution >= 4 is 39.9 Å². The van der Waals surface area contributed by atoms with Crippen LogP contribution in [0.1, 0.15) is 35.2 Å². The molecule has 0 amide bonds. The Kier molecular flexibility index (Phi) is 9.31. The zero-order valence-corrected chi connectivity index (χ0v) is 28.6. The zero-order valence-electron chi connectivity index (χ0n) is 27.8. The van der Waals surface area contributed by atoms with Crippen LogP contribution in [-0.2, 0) is 16.1 Å². The highest BCUT2D eigenvalue weighted by Crippen LogP contribution is 2.38. The summed E-state index contributed by atoms with van der Waals surface area (Å²) in [5, 5.41) is 2.33. The average molecular weight is 683 g/mol. The molecule has 50 heavy (non-hydrogen) atoms. The lowest BCUT2D eigenvalue weighted by atomic mass is 9.93. The van der Waals surface area contributed by atoms with E-state index in [4.69, 9.17) is 23.9 Å². The fraction of sp³-hybridized carbons (Fsp3) is 0.146. The van der Waals surface area contributed by atoms with Gasteiger partial charge in [-0.05, 0) is 64.7 Å². The Balaban J connectivity index is 1.30. The molecule has 1 atom stereocenters. The third-order valence-corrected chi connectivity index (χ3v) is 9.53. The lowest BCUT2D eigenvalue weighted by molar-refractivity contribution is -0.138. The molecular weight excluding hydrogens is 649 g/mol. The molecule has 5 aromatic carbocycles. The van der Waals surface area contributed by atoms with E-state index in [1.165, 1.54) is 16.7 Å². The van der Waals surface area contributed by atoms with Crippen LogP contribution in [0.5, 0.6) is 17.2 Å². The van der Waals surface area contributed by atoms with Gasteiger partial charge < -0.3 is 18.9 Å². The van der Waals surface area contributed by atoms with Gasteiger partial charge >= 0.3 is 5.97 Å². The van der Waals surface area contributed by atoms with Gasteiger partial charge in [0, 0.05) is 5.56 Å². The van der Waals surface area contributed by atoms with E-state index in [0.717, 1.165) is 27.8 Å². The highest BCUT2D eigenvalue weighted by molar-refractivity contribution is 7.07. The lowest BCUT2D eigenvalue weighted by Gasteiger charge is -2.26. The van der Waals surface area contributed by atoms with Crippen LogP contribution in [0.4, 0.5) is 0 Å². The van der Waals surface area contributed by atoms with Gasteiger partial charge in [-0.2, -0.15) is 0 Å². The first-order valence-electron chi connectivity index (χ1n) is 16.2. The van der Waals surface area contributed by atoms with E-state index in [2.05, 4.69) is 24.3 Å². The van der Waals surface area contributed by atoms with E-state index in [-0.39, 0.29) is 17.7 Å². The van der Waals surface area contributed by atoms with Gasteiger partial charge in [-0.3, -0.25) is 9.36 Å².